The van der Waals surface area contributed by atoms with Crippen LogP contribution in [0.15, 0.2) is 0 Å². The van der Waals surface area contributed by atoms with Crippen molar-refractivity contribution in [2.75, 3.05) is 13.2 Å². The molecule has 0 amide bonds. The number of rotatable bonds is 8. The molecule has 0 saturated heterocycles. The number of hydrogen-bond acceptors (Lipinski definition) is 7. The maximum absolute atomic E-state index is 10.5. The fourth-order valence-electron chi connectivity index (χ4n) is 0.939. The maximum Gasteiger partial charge on any atom is 0.397 e. The lowest BCUT2D eigenvalue weighted by molar-refractivity contribution is -0.162. The highest BCUT2D eigenvalue weighted by Gasteiger charge is 2.28. The molecule has 0 fully saturated rings. The predicted octanol–water partition coefficient (Wildman–Crippen LogP) is -1.98. The highest BCUT2D eigenvalue weighted by molar-refractivity contribution is 7.80. The normalized spacial score (nSPS) is 17.4. The van der Waals surface area contributed by atoms with Crippen LogP contribution in [-0.2, 0) is 24.1 Å². The minimum atomic E-state index is -4.79. The molecule has 0 heterocycles. The lowest BCUT2D eigenvalue weighted by Crippen LogP contribution is -2.40. The molecule has 3 unspecified atom stereocenters. The van der Waals surface area contributed by atoms with E-state index in [9.17, 15) is 13.2 Å². The van der Waals surface area contributed by atoms with Gasteiger partial charge in [-0.1, -0.05) is 0 Å². The lowest BCUT2D eigenvalue weighted by atomic mass is 10.2. The molecule has 4 N–H and O–H groups in total. The van der Waals surface area contributed by atoms with Gasteiger partial charge in [0.25, 0.3) is 0 Å². The zero-order valence-electron chi connectivity index (χ0n) is 8.88. The lowest BCUT2D eigenvalue weighted by Gasteiger charge is -2.23. The van der Waals surface area contributed by atoms with Gasteiger partial charge in [0.15, 0.2) is 6.10 Å². The van der Waals surface area contributed by atoms with Crippen molar-refractivity contribution >= 4 is 16.4 Å². The molecule has 0 radical (unpaired) electrons. The number of ether oxygens (including phenoxy) is 1. The van der Waals surface area contributed by atoms with Crippen LogP contribution >= 0.6 is 0 Å². The molecule has 0 bridgehead atoms. The molecule has 0 aromatic carbocycles. The Labute approximate surface area is 97.5 Å². The molecule has 0 aromatic rings. The molecule has 102 valence electrons. The van der Waals surface area contributed by atoms with Crippen LogP contribution in [-0.4, -0.2) is 65.8 Å². The Morgan fingerprint density at radius 1 is 1.29 bits per heavy atom. The minimum absolute atomic E-state index is 0.821. The topological polar surface area (TPSA) is 151 Å². The maximum atomic E-state index is 10.5. The number of aliphatic hydroxyl groups is 2. The second-order valence-corrected chi connectivity index (χ2v) is 4.14. The van der Waals surface area contributed by atoms with Crippen molar-refractivity contribution in [2.24, 2.45) is 0 Å². The standard InChI is InChI=1S/C7H14O9S/c1-4(15-6(3-9)7(10)11)5(2-8)16-17(12,13)14/h4-6,8-9H,2-3H2,1H3,(H,10,11)(H,12,13,14). The highest BCUT2D eigenvalue weighted by atomic mass is 32.3. The number of carboxylic acid groups (broad SMARTS) is 1. The average molecular weight is 274 g/mol. The van der Waals surface area contributed by atoms with Gasteiger partial charge in [-0.2, -0.15) is 8.42 Å². The van der Waals surface area contributed by atoms with Crippen molar-refractivity contribution in [1.82, 2.24) is 0 Å². The zero-order valence-corrected chi connectivity index (χ0v) is 9.70. The molecule has 0 spiro atoms. The van der Waals surface area contributed by atoms with Gasteiger partial charge in [-0.05, 0) is 6.92 Å². The number of carboxylic acids is 1. The van der Waals surface area contributed by atoms with Crippen LogP contribution in [0, 0.1) is 0 Å². The minimum Gasteiger partial charge on any atom is -0.479 e. The van der Waals surface area contributed by atoms with Gasteiger partial charge < -0.3 is 20.1 Å². The Morgan fingerprint density at radius 3 is 2.12 bits per heavy atom. The van der Waals surface area contributed by atoms with Crippen molar-refractivity contribution in [2.45, 2.75) is 25.2 Å². The summed E-state index contributed by atoms with van der Waals surface area (Å²) in [6.45, 7) is -0.430. The van der Waals surface area contributed by atoms with E-state index in [1.165, 1.54) is 6.92 Å². The Hall–Kier alpha value is -0.780. The van der Waals surface area contributed by atoms with Gasteiger partial charge in [0.1, 0.15) is 6.10 Å². The summed E-state index contributed by atoms with van der Waals surface area (Å²) < 4.78 is 38.0. The SMILES string of the molecule is CC(OC(CO)C(=O)O)C(CO)OS(=O)(=O)O. The average Bonchev–Trinajstić information content (AvgIpc) is 2.20. The first-order valence-corrected chi connectivity index (χ1v) is 5.83. The smallest absolute Gasteiger partial charge is 0.397 e. The van der Waals surface area contributed by atoms with Crippen molar-refractivity contribution in [1.29, 1.82) is 0 Å². The summed E-state index contributed by atoms with van der Waals surface area (Å²) in [6.07, 6.45) is -4.22. The van der Waals surface area contributed by atoms with E-state index in [4.69, 9.17) is 24.6 Å². The van der Waals surface area contributed by atoms with Gasteiger partial charge in [0, 0.05) is 0 Å². The van der Waals surface area contributed by atoms with Crippen molar-refractivity contribution in [3.05, 3.63) is 0 Å². The Morgan fingerprint density at radius 2 is 1.82 bits per heavy atom. The molecule has 17 heavy (non-hydrogen) atoms. The summed E-state index contributed by atoms with van der Waals surface area (Å²) in [5, 5.41) is 26.0. The molecular weight excluding hydrogens is 260 g/mol. The number of carbonyl (C=O) groups is 1. The first-order chi connectivity index (χ1) is 7.71. The van der Waals surface area contributed by atoms with Crippen LogP contribution in [0.1, 0.15) is 6.92 Å². The van der Waals surface area contributed by atoms with E-state index < -0.39 is 47.9 Å². The molecule has 10 heteroatoms. The Kier molecular flexibility index (Phi) is 6.52. The van der Waals surface area contributed by atoms with E-state index in [0.29, 0.717) is 0 Å². The summed E-state index contributed by atoms with van der Waals surface area (Å²) in [6, 6.07) is 0. The van der Waals surface area contributed by atoms with Gasteiger partial charge in [0.05, 0.1) is 19.3 Å². The van der Waals surface area contributed by atoms with Crippen LogP contribution in [0.2, 0.25) is 0 Å². The molecule has 0 aromatic heterocycles. The predicted molar refractivity (Wildman–Crippen MR) is 52.6 cm³/mol. The molecular formula is C7H14O9S. The van der Waals surface area contributed by atoms with E-state index in [1.807, 2.05) is 0 Å². The third kappa shape index (κ3) is 6.51. The van der Waals surface area contributed by atoms with Crippen LogP contribution < -0.4 is 0 Å². The zero-order chi connectivity index (χ0) is 13.6. The number of aliphatic carboxylic acids is 1. The first-order valence-electron chi connectivity index (χ1n) is 4.47. The molecule has 0 saturated carbocycles. The van der Waals surface area contributed by atoms with Gasteiger partial charge in [-0.25, -0.2) is 8.98 Å². The summed E-state index contributed by atoms with van der Waals surface area (Å²) >= 11 is 0. The molecule has 3 atom stereocenters. The van der Waals surface area contributed by atoms with Crippen molar-refractivity contribution in [3.8, 4) is 0 Å². The van der Waals surface area contributed by atoms with Gasteiger partial charge in [0.2, 0.25) is 0 Å². The van der Waals surface area contributed by atoms with E-state index in [0.717, 1.165) is 0 Å². The summed E-state index contributed by atoms with van der Waals surface area (Å²) in [5.74, 6) is -1.46. The van der Waals surface area contributed by atoms with E-state index >= 15 is 0 Å². The largest absolute Gasteiger partial charge is 0.479 e. The van der Waals surface area contributed by atoms with Crippen LogP contribution in [0.25, 0.3) is 0 Å². The van der Waals surface area contributed by atoms with Gasteiger partial charge in [-0.3, -0.25) is 4.55 Å². The van der Waals surface area contributed by atoms with Crippen molar-refractivity contribution in [3.63, 3.8) is 0 Å². The third-order valence-electron chi connectivity index (χ3n) is 1.77. The Bertz CT molecular complexity index is 337. The van der Waals surface area contributed by atoms with E-state index in [2.05, 4.69) is 4.18 Å². The third-order valence-corrected chi connectivity index (χ3v) is 2.26. The van der Waals surface area contributed by atoms with Crippen LogP contribution in [0.3, 0.4) is 0 Å². The van der Waals surface area contributed by atoms with Gasteiger partial charge in [-0.15, -0.1) is 0 Å². The quantitative estimate of drug-likeness (QED) is 0.369. The molecule has 0 aliphatic carbocycles. The number of hydrogen-bond donors (Lipinski definition) is 4. The molecule has 9 nitrogen and oxygen atoms in total. The summed E-state index contributed by atoms with van der Waals surface area (Å²) in [7, 11) is -4.79. The summed E-state index contributed by atoms with van der Waals surface area (Å²) in [5.41, 5.74) is 0. The molecule has 0 aliphatic heterocycles. The summed E-state index contributed by atoms with van der Waals surface area (Å²) in [4.78, 5) is 10.5. The van der Waals surface area contributed by atoms with E-state index in [1.54, 1.807) is 0 Å². The fourth-order valence-corrected chi connectivity index (χ4v) is 1.47. The van der Waals surface area contributed by atoms with Crippen LogP contribution in [0.5, 0.6) is 0 Å². The van der Waals surface area contributed by atoms with E-state index in [-0.39, 0.29) is 0 Å². The van der Waals surface area contributed by atoms with Crippen LogP contribution in [0.4, 0.5) is 0 Å². The number of aliphatic hydroxyl groups excluding tert-OH is 2. The Balaban J connectivity index is 4.54. The first kappa shape index (κ1) is 16.2. The fraction of sp³-hybridized carbons (Fsp3) is 0.857. The highest BCUT2D eigenvalue weighted by Crippen LogP contribution is 2.09. The molecule has 0 rings (SSSR count). The van der Waals surface area contributed by atoms with Gasteiger partial charge >= 0.3 is 16.4 Å². The van der Waals surface area contributed by atoms with Crippen molar-refractivity contribution < 1.29 is 42.0 Å². The second kappa shape index (κ2) is 6.83. The monoisotopic (exact) mass is 274 g/mol. The second-order valence-electron chi connectivity index (χ2n) is 3.10. The molecule has 0 aliphatic rings.